The quantitative estimate of drug-likeness (QED) is 0.858. The molecule has 1 aromatic rings. The molecular formula is C13H18ClFN2O3S. The van der Waals surface area contributed by atoms with Crippen LogP contribution in [0, 0.1) is 11.7 Å². The Morgan fingerprint density at radius 2 is 2.14 bits per heavy atom. The summed E-state index contributed by atoms with van der Waals surface area (Å²) in [4.78, 5) is -0.489. The lowest BCUT2D eigenvalue weighted by molar-refractivity contribution is 0.0183. The first-order valence-corrected chi connectivity index (χ1v) is 8.36. The molecule has 1 aromatic carbocycles. The molecule has 2 N–H and O–H groups in total. The molecule has 21 heavy (non-hydrogen) atoms. The number of methoxy groups -OCH3 is 1. The number of piperidine rings is 1. The topological polar surface area (TPSA) is 72.6 Å². The highest BCUT2D eigenvalue weighted by molar-refractivity contribution is 7.89. The van der Waals surface area contributed by atoms with E-state index in [1.54, 1.807) is 0 Å². The monoisotopic (exact) mass is 336 g/mol. The third-order valence-electron chi connectivity index (χ3n) is 3.79. The van der Waals surface area contributed by atoms with Gasteiger partial charge in [0.15, 0.2) is 5.82 Å². The zero-order valence-corrected chi connectivity index (χ0v) is 13.4. The van der Waals surface area contributed by atoms with Crippen molar-refractivity contribution in [1.29, 1.82) is 0 Å². The van der Waals surface area contributed by atoms with Gasteiger partial charge in [0.25, 0.3) is 0 Å². The van der Waals surface area contributed by atoms with E-state index in [9.17, 15) is 12.8 Å². The van der Waals surface area contributed by atoms with E-state index in [1.165, 1.54) is 17.5 Å². The summed E-state index contributed by atoms with van der Waals surface area (Å²) < 4.78 is 45.8. The smallest absolute Gasteiger partial charge is 0.246 e. The van der Waals surface area contributed by atoms with Gasteiger partial charge in [0.05, 0.1) is 11.1 Å². The van der Waals surface area contributed by atoms with Crippen molar-refractivity contribution in [3.8, 4) is 0 Å². The molecule has 0 spiro atoms. The minimum atomic E-state index is -3.99. The average molecular weight is 337 g/mol. The van der Waals surface area contributed by atoms with E-state index < -0.39 is 20.7 Å². The first-order chi connectivity index (χ1) is 9.77. The van der Waals surface area contributed by atoms with E-state index >= 15 is 0 Å². The van der Waals surface area contributed by atoms with Crippen LogP contribution in [-0.2, 0) is 14.8 Å². The van der Waals surface area contributed by atoms with E-state index in [0.717, 1.165) is 6.07 Å². The maximum Gasteiger partial charge on any atom is 0.246 e. The highest BCUT2D eigenvalue weighted by Gasteiger charge is 2.35. The molecule has 1 heterocycles. The van der Waals surface area contributed by atoms with Crippen LogP contribution in [0.3, 0.4) is 0 Å². The van der Waals surface area contributed by atoms with Gasteiger partial charge >= 0.3 is 0 Å². The van der Waals surface area contributed by atoms with Crippen molar-refractivity contribution < 1.29 is 17.5 Å². The molecule has 2 atom stereocenters. The van der Waals surface area contributed by atoms with Gasteiger partial charge in [-0.2, -0.15) is 4.31 Å². The number of anilines is 1. The molecule has 2 unspecified atom stereocenters. The summed E-state index contributed by atoms with van der Waals surface area (Å²) in [6.07, 6.45) is 0.434. The fourth-order valence-electron chi connectivity index (χ4n) is 2.44. The van der Waals surface area contributed by atoms with Crippen molar-refractivity contribution in [3.63, 3.8) is 0 Å². The predicted octanol–water partition coefficient (Wildman–Crippen LogP) is 2.11. The maximum atomic E-state index is 14.1. The molecule has 0 saturated carbocycles. The number of nitrogens with two attached hydrogens (primary N) is 1. The van der Waals surface area contributed by atoms with Crippen molar-refractivity contribution in [2.45, 2.75) is 24.3 Å². The molecule has 0 bridgehead atoms. The van der Waals surface area contributed by atoms with Crippen LogP contribution in [0.25, 0.3) is 0 Å². The van der Waals surface area contributed by atoms with E-state index in [4.69, 9.17) is 22.1 Å². The van der Waals surface area contributed by atoms with Crippen LogP contribution in [0.15, 0.2) is 17.0 Å². The van der Waals surface area contributed by atoms with Gasteiger partial charge in [0.2, 0.25) is 10.0 Å². The van der Waals surface area contributed by atoms with Crippen molar-refractivity contribution in [2.24, 2.45) is 5.92 Å². The van der Waals surface area contributed by atoms with Crippen LogP contribution >= 0.6 is 11.6 Å². The molecule has 8 heteroatoms. The zero-order valence-electron chi connectivity index (χ0n) is 11.8. The zero-order chi connectivity index (χ0) is 15.8. The van der Waals surface area contributed by atoms with Gasteiger partial charge in [-0.15, -0.1) is 0 Å². The molecule has 118 valence electrons. The molecule has 1 aliphatic rings. The lowest BCUT2D eigenvalue weighted by Crippen LogP contribution is -2.46. The van der Waals surface area contributed by atoms with Gasteiger partial charge in [-0.25, -0.2) is 12.8 Å². The van der Waals surface area contributed by atoms with Gasteiger partial charge in [0.1, 0.15) is 4.90 Å². The second-order valence-electron chi connectivity index (χ2n) is 5.22. The molecule has 0 aliphatic carbocycles. The molecule has 0 aromatic heterocycles. The van der Waals surface area contributed by atoms with Crippen LogP contribution < -0.4 is 5.73 Å². The van der Waals surface area contributed by atoms with Gasteiger partial charge in [-0.3, -0.25) is 0 Å². The van der Waals surface area contributed by atoms with Crippen LogP contribution in [-0.4, -0.2) is 39.0 Å². The highest BCUT2D eigenvalue weighted by Crippen LogP contribution is 2.30. The molecular weight excluding hydrogens is 319 g/mol. The fourth-order valence-corrected chi connectivity index (χ4v) is 4.31. The summed E-state index contributed by atoms with van der Waals surface area (Å²) in [5, 5.41) is -0.303. The molecule has 2 rings (SSSR count). The van der Waals surface area contributed by atoms with Crippen molar-refractivity contribution in [3.05, 3.63) is 23.0 Å². The Kier molecular flexibility index (Phi) is 4.77. The minimum Gasteiger partial charge on any atom is -0.399 e. The molecule has 1 fully saturated rings. The summed E-state index contributed by atoms with van der Waals surface area (Å²) in [7, 11) is -2.45. The summed E-state index contributed by atoms with van der Waals surface area (Å²) in [5.74, 6) is -0.728. The Hall–Kier alpha value is -0.890. The van der Waals surface area contributed by atoms with E-state index in [-0.39, 0.29) is 29.3 Å². The Bertz CT molecular complexity index is 639. The number of nitrogen functional groups attached to an aromatic ring is 1. The largest absolute Gasteiger partial charge is 0.399 e. The van der Waals surface area contributed by atoms with Crippen molar-refractivity contribution in [1.82, 2.24) is 4.31 Å². The first kappa shape index (κ1) is 16.5. The van der Waals surface area contributed by atoms with Gasteiger partial charge in [-0.1, -0.05) is 18.5 Å². The first-order valence-electron chi connectivity index (χ1n) is 6.54. The highest BCUT2D eigenvalue weighted by atomic mass is 35.5. The molecule has 0 amide bonds. The summed E-state index contributed by atoms with van der Waals surface area (Å²) in [6, 6.07) is 2.28. The van der Waals surface area contributed by atoms with Crippen molar-refractivity contribution in [2.75, 3.05) is 25.9 Å². The summed E-state index contributed by atoms with van der Waals surface area (Å²) in [6.45, 7) is 2.50. The van der Waals surface area contributed by atoms with E-state index in [1.807, 2.05) is 6.92 Å². The second kappa shape index (κ2) is 6.08. The Balaban J connectivity index is 2.39. The SMILES string of the molecule is COC1CN(S(=O)(=O)c2cc(N)cc(Cl)c2F)CCC1C. The van der Waals surface area contributed by atoms with E-state index in [2.05, 4.69) is 0 Å². The molecule has 5 nitrogen and oxygen atoms in total. The maximum absolute atomic E-state index is 14.1. The standard InChI is InChI=1S/C13H18ClFN2O3S/c1-8-3-4-17(7-11(8)20-2)21(18,19)12-6-9(16)5-10(14)13(12)15/h5-6,8,11H,3-4,7,16H2,1-2H3. The second-order valence-corrected chi connectivity index (χ2v) is 7.53. The number of benzene rings is 1. The fraction of sp³-hybridized carbons (Fsp3) is 0.538. The molecule has 1 saturated heterocycles. The number of ether oxygens (including phenoxy) is 1. The Morgan fingerprint density at radius 1 is 1.48 bits per heavy atom. The summed E-state index contributed by atoms with van der Waals surface area (Å²) in [5.41, 5.74) is 5.68. The minimum absolute atomic E-state index is 0.105. The lowest BCUT2D eigenvalue weighted by Gasteiger charge is -2.35. The third-order valence-corrected chi connectivity index (χ3v) is 5.93. The van der Waals surface area contributed by atoms with Crippen molar-refractivity contribution >= 4 is 27.3 Å². The van der Waals surface area contributed by atoms with Crippen LogP contribution in [0.1, 0.15) is 13.3 Å². The van der Waals surface area contributed by atoms with Gasteiger partial charge in [0, 0.05) is 25.9 Å². The Labute approximate surface area is 128 Å². The average Bonchev–Trinajstić information content (AvgIpc) is 2.42. The van der Waals surface area contributed by atoms with E-state index in [0.29, 0.717) is 13.0 Å². The van der Waals surface area contributed by atoms with Crippen LogP contribution in [0.2, 0.25) is 5.02 Å². The van der Waals surface area contributed by atoms with Crippen LogP contribution in [0.4, 0.5) is 10.1 Å². The lowest BCUT2D eigenvalue weighted by atomic mass is 9.97. The van der Waals surface area contributed by atoms with Gasteiger partial charge in [-0.05, 0) is 24.5 Å². The molecule has 1 aliphatic heterocycles. The number of hydrogen-bond acceptors (Lipinski definition) is 4. The Morgan fingerprint density at radius 3 is 2.76 bits per heavy atom. The van der Waals surface area contributed by atoms with Gasteiger partial charge < -0.3 is 10.5 Å². The molecule has 0 radical (unpaired) electrons. The normalized spacial score (nSPS) is 24.2. The number of halogens is 2. The third kappa shape index (κ3) is 3.15. The number of nitrogens with zero attached hydrogens (tertiary/aromatic N) is 1. The predicted molar refractivity (Wildman–Crippen MR) is 79.2 cm³/mol. The summed E-state index contributed by atoms with van der Waals surface area (Å²) >= 11 is 5.68. The van der Waals surface area contributed by atoms with Crippen LogP contribution in [0.5, 0.6) is 0 Å². The number of hydrogen-bond donors (Lipinski definition) is 1. The number of rotatable bonds is 3. The number of sulfonamides is 1.